The summed E-state index contributed by atoms with van der Waals surface area (Å²) in [5.74, 6) is 6.83. The summed E-state index contributed by atoms with van der Waals surface area (Å²) in [6, 6.07) is 3.49. The average Bonchev–Trinajstić information content (AvgIpc) is 2.98. The van der Waals surface area contributed by atoms with Crippen LogP contribution in [-0.4, -0.2) is 31.6 Å². The Morgan fingerprint density at radius 1 is 1.48 bits per heavy atom. The zero-order chi connectivity index (χ0) is 15.6. The van der Waals surface area contributed by atoms with Crippen molar-refractivity contribution in [2.75, 3.05) is 5.84 Å². The lowest BCUT2D eigenvalue weighted by Gasteiger charge is -2.22. The van der Waals surface area contributed by atoms with Gasteiger partial charge in [-0.2, -0.15) is 0 Å². The predicted molar refractivity (Wildman–Crippen MR) is 81.1 cm³/mol. The van der Waals surface area contributed by atoms with E-state index in [9.17, 15) is 4.79 Å². The van der Waals surface area contributed by atoms with Crippen LogP contribution in [0, 0.1) is 0 Å². The van der Waals surface area contributed by atoms with Crippen molar-refractivity contribution < 1.29 is 9.21 Å². The molecule has 0 radical (unpaired) electrons. The molecule has 2 heterocycles. The Bertz CT molecular complexity index is 615. The predicted octanol–water partition coefficient (Wildman–Crippen LogP) is 1.65. The van der Waals surface area contributed by atoms with E-state index >= 15 is 0 Å². The molecule has 0 aromatic carbocycles. The fourth-order valence-electron chi connectivity index (χ4n) is 1.61. The molecule has 0 spiro atoms. The lowest BCUT2D eigenvalue weighted by Crippen LogP contribution is -2.44. The number of hydrogen-bond donors (Lipinski definition) is 2. The Labute approximate surface area is 127 Å². The maximum Gasteiger partial charge on any atom is 0.233 e. The van der Waals surface area contributed by atoms with E-state index in [4.69, 9.17) is 10.3 Å². The molecule has 0 saturated carbocycles. The molecule has 2 rings (SSSR count). The monoisotopic (exact) mass is 309 g/mol. The Kier molecular flexibility index (Phi) is 4.26. The van der Waals surface area contributed by atoms with E-state index in [1.54, 1.807) is 19.1 Å². The standard InChI is InChI=1S/C13H19N5O2S/c1-8(11(19)15-13(2,3)4)21-12-17-16-10(18(12)14)9-6-5-7-20-9/h5-8H,14H2,1-4H3,(H,15,19). The first-order valence-corrected chi connectivity index (χ1v) is 7.39. The largest absolute Gasteiger partial charge is 0.461 e. The van der Waals surface area contributed by atoms with Crippen LogP contribution in [0.1, 0.15) is 27.7 Å². The number of furan rings is 1. The molecule has 0 aliphatic carbocycles. The van der Waals surface area contributed by atoms with Crippen LogP contribution in [0.25, 0.3) is 11.6 Å². The Morgan fingerprint density at radius 2 is 2.19 bits per heavy atom. The summed E-state index contributed by atoms with van der Waals surface area (Å²) in [6.07, 6.45) is 1.54. The molecule has 7 nitrogen and oxygen atoms in total. The van der Waals surface area contributed by atoms with Gasteiger partial charge in [-0.3, -0.25) is 4.79 Å². The molecule has 0 aliphatic rings. The third kappa shape index (κ3) is 3.78. The number of nitrogens with one attached hydrogen (secondary N) is 1. The van der Waals surface area contributed by atoms with Crippen LogP contribution in [0.2, 0.25) is 0 Å². The van der Waals surface area contributed by atoms with E-state index < -0.39 is 0 Å². The Balaban J connectivity index is 2.09. The molecule has 0 saturated heterocycles. The fraction of sp³-hybridized carbons (Fsp3) is 0.462. The van der Waals surface area contributed by atoms with Gasteiger partial charge in [-0.1, -0.05) is 11.8 Å². The van der Waals surface area contributed by atoms with Crippen molar-refractivity contribution in [3.8, 4) is 11.6 Å². The quantitative estimate of drug-likeness (QED) is 0.658. The minimum Gasteiger partial charge on any atom is -0.461 e. The van der Waals surface area contributed by atoms with Crippen LogP contribution >= 0.6 is 11.8 Å². The number of thioether (sulfide) groups is 1. The van der Waals surface area contributed by atoms with Crippen molar-refractivity contribution in [1.29, 1.82) is 0 Å². The van der Waals surface area contributed by atoms with Gasteiger partial charge in [0.1, 0.15) is 0 Å². The number of nitrogen functional groups attached to an aromatic ring is 1. The van der Waals surface area contributed by atoms with Gasteiger partial charge in [0, 0.05) is 5.54 Å². The van der Waals surface area contributed by atoms with Gasteiger partial charge in [0.05, 0.1) is 11.5 Å². The van der Waals surface area contributed by atoms with Crippen molar-refractivity contribution in [2.45, 2.75) is 43.6 Å². The van der Waals surface area contributed by atoms with E-state index in [0.29, 0.717) is 16.7 Å². The van der Waals surface area contributed by atoms with Crippen molar-refractivity contribution >= 4 is 17.7 Å². The number of hydrogen-bond acceptors (Lipinski definition) is 6. The first-order chi connectivity index (χ1) is 9.78. The maximum atomic E-state index is 12.1. The van der Waals surface area contributed by atoms with E-state index in [-0.39, 0.29) is 16.7 Å². The fourth-order valence-corrected chi connectivity index (χ4v) is 2.38. The zero-order valence-electron chi connectivity index (χ0n) is 12.5. The van der Waals surface area contributed by atoms with Crippen LogP contribution in [0.3, 0.4) is 0 Å². The van der Waals surface area contributed by atoms with Gasteiger partial charge >= 0.3 is 0 Å². The lowest BCUT2D eigenvalue weighted by atomic mass is 10.1. The summed E-state index contributed by atoms with van der Waals surface area (Å²) in [4.78, 5) is 12.1. The van der Waals surface area contributed by atoms with Gasteiger partial charge < -0.3 is 15.6 Å². The van der Waals surface area contributed by atoms with Gasteiger partial charge in [0.15, 0.2) is 5.76 Å². The minimum atomic E-state index is -0.333. The molecule has 114 valence electrons. The topological polar surface area (TPSA) is 99.0 Å². The Hall–Kier alpha value is -1.96. The van der Waals surface area contributed by atoms with Crippen LogP contribution < -0.4 is 11.2 Å². The molecule has 2 aromatic rings. The summed E-state index contributed by atoms with van der Waals surface area (Å²) < 4.78 is 6.56. The highest BCUT2D eigenvalue weighted by atomic mass is 32.2. The lowest BCUT2D eigenvalue weighted by molar-refractivity contribution is -0.121. The number of carbonyl (C=O) groups is 1. The van der Waals surface area contributed by atoms with Crippen LogP contribution in [0.5, 0.6) is 0 Å². The van der Waals surface area contributed by atoms with Crippen molar-refractivity contribution in [2.24, 2.45) is 0 Å². The zero-order valence-corrected chi connectivity index (χ0v) is 13.3. The third-order valence-corrected chi connectivity index (χ3v) is 3.61. The number of amides is 1. The molecule has 2 aromatic heterocycles. The number of nitrogens with two attached hydrogens (primary N) is 1. The second-order valence-corrected chi connectivity index (χ2v) is 6.96. The number of carbonyl (C=O) groups excluding carboxylic acids is 1. The molecule has 1 unspecified atom stereocenters. The SMILES string of the molecule is CC(Sc1nnc(-c2ccco2)n1N)C(=O)NC(C)(C)C. The van der Waals surface area contributed by atoms with Gasteiger partial charge in [-0.15, -0.1) is 10.2 Å². The van der Waals surface area contributed by atoms with E-state index in [1.807, 2.05) is 20.8 Å². The first kappa shape index (κ1) is 15.4. The van der Waals surface area contributed by atoms with Gasteiger partial charge in [0.25, 0.3) is 0 Å². The molecule has 21 heavy (non-hydrogen) atoms. The van der Waals surface area contributed by atoms with Crippen LogP contribution in [0.15, 0.2) is 28.0 Å². The molecular weight excluding hydrogens is 290 g/mol. The van der Waals surface area contributed by atoms with Gasteiger partial charge in [-0.05, 0) is 39.8 Å². The molecule has 1 amide bonds. The smallest absolute Gasteiger partial charge is 0.233 e. The molecule has 0 fully saturated rings. The number of rotatable bonds is 4. The van der Waals surface area contributed by atoms with Crippen molar-refractivity contribution in [3.63, 3.8) is 0 Å². The second-order valence-electron chi connectivity index (χ2n) is 5.65. The molecule has 3 N–H and O–H groups in total. The van der Waals surface area contributed by atoms with E-state index in [2.05, 4.69) is 15.5 Å². The normalized spacial score (nSPS) is 13.1. The highest BCUT2D eigenvalue weighted by Crippen LogP contribution is 2.25. The number of nitrogens with zero attached hydrogens (tertiary/aromatic N) is 3. The Morgan fingerprint density at radius 3 is 2.76 bits per heavy atom. The summed E-state index contributed by atoms with van der Waals surface area (Å²) in [6.45, 7) is 7.60. The van der Waals surface area contributed by atoms with Crippen LogP contribution in [-0.2, 0) is 4.79 Å². The highest BCUT2D eigenvalue weighted by Gasteiger charge is 2.23. The average molecular weight is 309 g/mol. The van der Waals surface area contributed by atoms with E-state index in [1.165, 1.54) is 22.7 Å². The summed E-state index contributed by atoms with van der Waals surface area (Å²) >= 11 is 1.25. The molecular formula is C13H19N5O2S. The molecule has 8 heteroatoms. The highest BCUT2D eigenvalue weighted by molar-refractivity contribution is 8.00. The van der Waals surface area contributed by atoms with Crippen molar-refractivity contribution in [3.05, 3.63) is 18.4 Å². The van der Waals surface area contributed by atoms with Crippen LogP contribution in [0.4, 0.5) is 0 Å². The first-order valence-electron chi connectivity index (χ1n) is 6.51. The molecule has 0 aliphatic heterocycles. The molecule has 0 bridgehead atoms. The third-order valence-electron chi connectivity index (χ3n) is 2.56. The summed E-state index contributed by atoms with van der Waals surface area (Å²) in [7, 11) is 0. The summed E-state index contributed by atoms with van der Waals surface area (Å²) in [5.41, 5.74) is -0.276. The molecule has 1 atom stereocenters. The van der Waals surface area contributed by atoms with E-state index in [0.717, 1.165) is 0 Å². The van der Waals surface area contributed by atoms with Gasteiger partial charge in [0.2, 0.25) is 16.9 Å². The van der Waals surface area contributed by atoms with Gasteiger partial charge in [-0.25, -0.2) is 4.68 Å². The minimum absolute atomic E-state index is 0.0740. The maximum absolute atomic E-state index is 12.1. The number of aromatic nitrogens is 3. The summed E-state index contributed by atoms with van der Waals surface area (Å²) in [5, 5.41) is 11.0. The second kappa shape index (κ2) is 5.80. The van der Waals surface area contributed by atoms with Crippen molar-refractivity contribution in [1.82, 2.24) is 20.2 Å².